The van der Waals surface area contributed by atoms with E-state index < -0.39 is 0 Å². The Kier molecular flexibility index (Phi) is 7.38. The third-order valence-electron chi connectivity index (χ3n) is 10.5. The van der Waals surface area contributed by atoms with Gasteiger partial charge in [0, 0.05) is 44.1 Å². The van der Waals surface area contributed by atoms with Crippen LogP contribution in [0.4, 0.5) is 0 Å². The normalized spacial score (nSPS) is 11.6. The molecule has 262 valence electrons. The number of fused-ring (bicyclic) bond motifs is 7. The third-order valence-corrected chi connectivity index (χ3v) is 10.5. The van der Waals surface area contributed by atoms with E-state index in [9.17, 15) is 0 Å². The van der Waals surface area contributed by atoms with Crippen molar-refractivity contribution in [3.8, 4) is 62.2 Å². The summed E-state index contributed by atoms with van der Waals surface area (Å²) in [6.07, 6.45) is 0. The number of benzene rings is 7. The number of hydrogen-bond donors (Lipinski definition) is 0. The zero-order valence-electron chi connectivity index (χ0n) is 30.0. The summed E-state index contributed by atoms with van der Waals surface area (Å²) < 4.78 is 9.19. The van der Waals surface area contributed by atoms with E-state index in [1.54, 1.807) is 0 Å². The molecule has 56 heavy (non-hydrogen) atoms. The molecule has 0 radical (unpaired) electrons. The van der Waals surface area contributed by atoms with Crippen molar-refractivity contribution in [2.24, 2.45) is 0 Å². The Labute approximate surface area is 322 Å². The Morgan fingerprint density at radius 1 is 0.375 bits per heavy atom. The molecule has 6 heteroatoms. The van der Waals surface area contributed by atoms with Crippen molar-refractivity contribution >= 4 is 43.9 Å². The highest BCUT2D eigenvalue weighted by atomic mass is 16.3. The molecule has 4 aromatic heterocycles. The van der Waals surface area contributed by atoms with Gasteiger partial charge in [0.15, 0.2) is 23.1 Å². The second kappa shape index (κ2) is 13.0. The quantitative estimate of drug-likeness (QED) is 0.171. The van der Waals surface area contributed by atoms with Crippen LogP contribution in [0.3, 0.4) is 0 Å². The van der Waals surface area contributed by atoms with E-state index >= 15 is 0 Å². The first-order valence-corrected chi connectivity index (χ1v) is 18.6. The number of hydrogen-bond acceptors (Lipinski definition) is 5. The highest BCUT2D eigenvalue weighted by Crippen LogP contribution is 2.44. The molecule has 0 atom stereocenters. The molecule has 4 heterocycles. The molecule has 0 unspecified atom stereocenters. The molecular formula is C50H31N5O. The number of nitrogens with zero attached hydrogens (tertiary/aromatic N) is 5. The van der Waals surface area contributed by atoms with Crippen molar-refractivity contribution in [1.29, 1.82) is 0 Å². The van der Waals surface area contributed by atoms with Gasteiger partial charge in [0.1, 0.15) is 5.69 Å². The Hall–Kier alpha value is -7.70. The van der Waals surface area contributed by atoms with Crippen molar-refractivity contribution in [3.63, 3.8) is 0 Å². The third kappa shape index (κ3) is 5.27. The molecule has 0 bridgehead atoms. The number of para-hydroxylation sites is 2. The average Bonchev–Trinajstić information content (AvgIpc) is 3.82. The largest absolute Gasteiger partial charge is 0.437 e. The second-order valence-electron chi connectivity index (χ2n) is 13.8. The van der Waals surface area contributed by atoms with Gasteiger partial charge in [-0.2, -0.15) is 0 Å². The fourth-order valence-corrected chi connectivity index (χ4v) is 7.82. The van der Waals surface area contributed by atoms with Crippen LogP contribution in [-0.4, -0.2) is 24.5 Å². The summed E-state index contributed by atoms with van der Waals surface area (Å²) in [6, 6.07) is 64.4. The maximum Gasteiger partial charge on any atom is 0.213 e. The van der Waals surface area contributed by atoms with Crippen LogP contribution in [0.15, 0.2) is 192 Å². The van der Waals surface area contributed by atoms with Crippen molar-refractivity contribution < 1.29 is 4.42 Å². The van der Waals surface area contributed by atoms with E-state index in [1.807, 2.05) is 84.9 Å². The number of furan rings is 1. The minimum atomic E-state index is 0.624. The molecule has 11 rings (SSSR count). The van der Waals surface area contributed by atoms with Crippen LogP contribution in [0, 0.1) is 0 Å². The van der Waals surface area contributed by atoms with Crippen LogP contribution < -0.4 is 0 Å². The van der Waals surface area contributed by atoms with Gasteiger partial charge in [0.2, 0.25) is 5.71 Å². The monoisotopic (exact) mass is 717 g/mol. The summed E-state index contributed by atoms with van der Waals surface area (Å²) in [5.74, 6) is 1.90. The van der Waals surface area contributed by atoms with Crippen LogP contribution >= 0.6 is 0 Å². The summed E-state index contributed by atoms with van der Waals surface area (Å²) >= 11 is 0. The Morgan fingerprint density at radius 2 is 0.911 bits per heavy atom. The zero-order chi connectivity index (χ0) is 37.0. The maximum atomic E-state index is 6.96. The van der Waals surface area contributed by atoms with Gasteiger partial charge in [-0.1, -0.05) is 158 Å². The van der Waals surface area contributed by atoms with Gasteiger partial charge in [-0.15, -0.1) is 0 Å². The van der Waals surface area contributed by atoms with Gasteiger partial charge >= 0.3 is 0 Å². The molecule has 0 aliphatic rings. The van der Waals surface area contributed by atoms with E-state index in [2.05, 4.69) is 108 Å². The molecule has 0 aliphatic carbocycles. The summed E-state index contributed by atoms with van der Waals surface area (Å²) in [4.78, 5) is 19.9. The lowest BCUT2D eigenvalue weighted by atomic mass is 10.0. The fraction of sp³-hybridized carbons (Fsp3) is 0. The van der Waals surface area contributed by atoms with E-state index in [0.29, 0.717) is 17.5 Å². The molecule has 0 spiro atoms. The molecule has 6 nitrogen and oxygen atoms in total. The Balaban J connectivity index is 1.04. The number of aromatic nitrogens is 5. The van der Waals surface area contributed by atoms with Crippen molar-refractivity contribution in [2.75, 3.05) is 0 Å². The highest BCUT2D eigenvalue weighted by molar-refractivity contribution is 6.28. The van der Waals surface area contributed by atoms with Crippen LogP contribution in [0.5, 0.6) is 0 Å². The SMILES string of the molecule is c1ccc(-c2nc(-c3ccccc3)nc(-c3cccc(-c4ccc(-n5c6ccccc6c6c7c(oc65)c(-c5ccccc5)nc5ccccc57)cc4)c3)n2)cc1. The predicted molar refractivity (Wildman–Crippen MR) is 226 cm³/mol. The maximum absolute atomic E-state index is 6.96. The smallest absolute Gasteiger partial charge is 0.213 e. The first-order chi connectivity index (χ1) is 27.8. The number of pyridine rings is 1. The molecule has 0 N–H and O–H groups in total. The lowest BCUT2D eigenvalue weighted by Gasteiger charge is -2.11. The molecule has 7 aromatic carbocycles. The van der Waals surface area contributed by atoms with Gasteiger partial charge in [-0.3, -0.25) is 4.57 Å². The Bertz CT molecular complexity index is 3170. The zero-order valence-corrected chi connectivity index (χ0v) is 30.0. The Morgan fingerprint density at radius 3 is 1.59 bits per heavy atom. The van der Waals surface area contributed by atoms with E-state index in [4.69, 9.17) is 24.4 Å². The van der Waals surface area contributed by atoms with Gasteiger partial charge in [-0.25, -0.2) is 19.9 Å². The minimum Gasteiger partial charge on any atom is -0.437 e. The average molecular weight is 718 g/mol. The standard InChI is InChI=1S/C50H31N5O/c1-4-15-33(16-5-1)45-46-43(39-23-10-12-25-41(39)51-45)44-40-24-11-13-26-42(40)55(50(44)56-46)38-29-27-32(28-30-38)36-21-14-22-37(31-36)49-53-47(34-17-6-2-7-18-34)52-48(54-49)35-19-8-3-9-20-35/h1-31H. The summed E-state index contributed by atoms with van der Waals surface area (Å²) in [5.41, 5.74) is 11.4. The van der Waals surface area contributed by atoms with E-state index in [0.717, 1.165) is 88.6 Å². The summed E-state index contributed by atoms with van der Waals surface area (Å²) in [6.45, 7) is 0. The lowest BCUT2D eigenvalue weighted by Crippen LogP contribution is -2.00. The van der Waals surface area contributed by atoms with E-state index in [-0.39, 0.29) is 0 Å². The summed E-state index contributed by atoms with van der Waals surface area (Å²) in [5, 5.41) is 4.38. The van der Waals surface area contributed by atoms with Gasteiger partial charge in [-0.05, 0) is 41.5 Å². The lowest BCUT2D eigenvalue weighted by molar-refractivity contribution is 0.645. The molecular weight excluding hydrogens is 687 g/mol. The van der Waals surface area contributed by atoms with Crippen LogP contribution in [-0.2, 0) is 0 Å². The second-order valence-corrected chi connectivity index (χ2v) is 13.8. The van der Waals surface area contributed by atoms with Crippen LogP contribution in [0.1, 0.15) is 0 Å². The molecule has 0 saturated carbocycles. The van der Waals surface area contributed by atoms with Crippen molar-refractivity contribution in [1.82, 2.24) is 24.5 Å². The summed E-state index contributed by atoms with van der Waals surface area (Å²) in [7, 11) is 0. The highest BCUT2D eigenvalue weighted by Gasteiger charge is 2.24. The molecule has 0 saturated heterocycles. The number of rotatable bonds is 6. The molecule has 11 aromatic rings. The van der Waals surface area contributed by atoms with Gasteiger partial charge in [0.25, 0.3) is 0 Å². The van der Waals surface area contributed by atoms with Crippen molar-refractivity contribution in [3.05, 3.63) is 188 Å². The predicted octanol–water partition coefficient (Wildman–Crippen LogP) is 12.6. The fourth-order valence-electron chi connectivity index (χ4n) is 7.82. The van der Waals surface area contributed by atoms with Crippen molar-refractivity contribution in [2.45, 2.75) is 0 Å². The first kappa shape index (κ1) is 31.8. The first-order valence-electron chi connectivity index (χ1n) is 18.6. The van der Waals surface area contributed by atoms with Crippen LogP contribution in [0.25, 0.3) is 106 Å². The minimum absolute atomic E-state index is 0.624. The topological polar surface area (TPSA) is 69.6 Å². The van der Waals surface area contributed by atoms with Crippen LogP contribution in [0.2, 0.25) is 0 Å². The van der Waals surface area contributed by atoms with Gasteiger partial charge in [0.05, 0.1) is 16.4 Å². The molecule has 0 aliphatic heterocycles. The van der Waals surface area contributed by atoms with E-state index in [1.165, 1.54) is 0 Å². The molecule has 0 amide bonds. The van der Waals surface area contributed by atoms with Gasteiger partial charge < -0.3 is 4.42 Å². The molecule has 0 fully saturated rings.